The minimum atomic E-state index is -1.01. The average Bonchev–Trinajstić information content (AvgIpc) is 2.61. The molecule has 1 N–H and O–H groups in total. The maximum Gasteiger partial charge on any atom is 0.201 e. The third-order valence-corrected chi connectivity index (χ3v) is 6.34. The monoisotopic (exact) mass is 367 g/mol. The van der Waals surface area contributed by atoms with E-state index in [-0.39, 0.29) is 10.6 Å². The van der Waals surface area contributed by atoms with Crippen LogP contribution in [0.3, 0.4) is 0 Å². The summed E-state index contributed by atoms with van der Waals surface area (Å²) in [6.07, 6.45) is 2.63. The number of benzene rings is 1. The summed E-state index contributed by atoms with van der Waals surface area (Å²) in [5, 5.41) is 4.41. The molecule has 1 aliphatic heterocycles. The Hall–Kier alpha value is -1.44. The van der Waals surface area contributed by atoms with Crippen LogP contribution in [0.1, 0.15) is 31.7 Å². The number of hydrogen-bond acceptors (Lipinski definition) is 6. The van der Waals surface area contributed by atoms with E-state index >= 15 is 0 Å². The average molecular weight is 368 g/mol. The van der Waals surface area contributed by atoms with Gasteiger partial charge in [-0.2, -0.15) is 5.10 Å². The lowest BCUT2D eigenvalue weighted by atomic mass is 10.0. The van der Waals surface area contributed by atoms with Gasteiger partial charge in [-0.05, 0) is 62.9 Å². The highest BCUT2D eigenvalue weighted by atomic mass is 32.2. The molecule has 0 fully saturated rings. The van der Waals surface area contributed by atoms with Crippen molar-refractivity contribution in [1.82, 2.24) is 10.3 Å². The first-order valence-corrected chi connectivity index (χ1v) is 9.89. The first-order valence-electron chi connectivity index (χ1n) is 8.61. The molecular formula is C18H29N3O3S. The van der Waals surface area contributed by atoms with Crippen LogP contribution in [-0.2, 0) is 11.2 Å². The van der Waals surface area contributed by atoms with E-state index in [9.17, 15) is 4.55 Å². The van der Waals surface area contributed by atoms with Crippen LogP contribution >= 0.6 is 0 Å². The zero-order chi connectivity index (χ0) is 18.4. The number of nitrogens with one attached hydrogen (secondary N) is 1. The van der Waals surface area contributed by atoms with Crippen molar-refractivity contribution in [1.29, 1.82) is 0 Å². The van der Waals surface area contributed by atoms with Crippen molar-refractivity contribution < 1.29 is 14.0 Å². The summed E-state index contributed by atoms with van der Waals surface area (Å²) < 4.78 is 23.7. The van der Waals surface area contributed by atoms with Gasteiger partial charge in [-0.25, -0.2) is 0 Å². The summed E-state index contributed by atoms with van der Waals surface area (Å²) in [4.78, 5) is 2.14. The molecule has 0 bridgehead atoms. The van der Waals surface area contributed by atoms with Gasteiger partial charge in [-0.15, -0.1) is 0 Å². The Labute approximate surface area is 153 Å². The van der Waals surface area contributed by atoms with Crippen LogP contribution in [0.25, 0.3) is 0 Å². The molecule has 25 heavy (non-hydrogen) atoms. The van der Waals surface area contributed by atoms with Gasteiger partial charge in [0, 0.05) is 12.0 Å². The molecule has 1 aromatic carbocycles. The van der Waals surface area contributed by atoms with Crippen LogP contribution in [0.15, 0.2) is 23.3 Å². The van der Waals surface area contributed by atoms with Crippen LogP contribution in [0.4, 0.5) is 0 Å². The molecule has 0 saturated heterocycles. The van der Waals surface area contributed by atoms with Crippen molar-refractivity contribution in [2.24, 2.45) is 5.10 Å². The van der Waals surface area contributed by atoms with Crippen molar-refractivity contribution in [2.75, 3.05) is 34.9 Å². The van der Waals surface area contributed by atoms with E-state index in [1.54, 1.807) is 14.2 Å². The minimum absolute atomic E-state index is 0.0799. The molecule has 6 nitrogen and oxygen atoms in total. The van der Waals surface area contributed by atoms with Gasteiger partial charge in [0.15, 0.2) is 16.7 Å². The third kappa shape index (κ3) is 4.80. The lowest BCUT2D eigenvalue weighted by Gasteiger charge is -2.33. The Balaban J connectivity index is 2.19. The number of hydrazone groups is 1. The van der Waals surface area contributed by atoms with Crippen LogP contribution in [0, 0.1) is 0 Å². The van der Waals surface area contributed by atoms with Crippen molar-refractivity contribution in [3.63, 3.8) is 0 Å². The standard InChI is InChI=1S/C18H29N3O3S/c1-6-16-18(13-9-10-14(23-4)15(12-13)24-5)20-19-17(25(16)22)8-7-11-21(2)3/h9-10,12,16-17,19H,6-8,11H2,1-5H3. The van der Waals surface area contributed by atoms with Crippen molar-refractivity contribution in [2.45, 2.75) is 36.8 Å². The van der Waals surface area contributed by atoms with E-state index in [1.165, 1.54) is 0 Å². The molecule has 0 amide bonds. The molecule has 3 unspecified atom stereocenters. The summed E-state index contributed by atoms with van der Waals surface area (Å²) in [5.74, 6) is 1.32. The minimum Gasteiger partial charge on any atom is -0.614 e. The highest BCUT2D eigenvalue weighted by Crippen LogP contribution is 2.31. The van der Waals surface area contributed by atoms with E-state index in [0.29, 0.717) is 11.5 Å². The quantitative estimate of drug-likeness (QED) is 0.714. The summed E-state index contributed by atoms with van der Waals surface area (Å²) in [5.41, 5.74) is 4.86. The van der Waals surface area contributed by atoms with Gasteiger partial charge in [0.25, 0.3) is 0 Å². The summed E-state index contributed by atoms with van der Waals surface area (Å²) in [6.45, 7) is 3.04. The van der Waals surface area contributed by atoms with Gasteiger partial charge in [0.1, 0.15) is 5.71 Å². The van der Waals surface area contributed by atoms with Gasteiger partial charge in [-0.3, -0.25) is 5.43 Å². The topological polar surface area (TPSA) is 69.2 Å². The van der Waals surface area contributed by atoms with Crippen LogP contribution in [-0.4, -0.2) is 60.6 Å². The molecule has 7 heteroatoms. The predicted molar refractivity (Wildman–Crippen MR) is 103 cm³/mol. The van der Waals surface area contributed by atoms with Crippen molar-refractivity contribution >= 4 is 16.9 Å². The fraction of sp³-hybridized carbons (Fsp3) is 0.611. The lowest BCUT2D eigenvalue weighted by molar-refractivity contribution is 0.355. The molecule has 0 spiro atoms. The fourth-order valence-corrected chi connectivity index (χ4v) is 4.64. The van der Waals surface area contributed by atoms with Crippen LogP contribution in [0.5, 0.6) is 11.5 Å². The van der Waals surface area contributed by atoms with E-state index in [2.05, 4.69) is 22.4 Å². The Morgan fingerprint density at radius 1 is 1.24 bits per heavy atom. The molecule has 2 rings (SSSR count). The van der Waals surface area contributed by atoms with E-state index in [4.69, 9.17) is 9.47 Å². The van der Waals surface area contributed by atoms with Gasteiger partial charge in [0.05, 0.1) is 14.2 Å². The largest absolute Gasteiger partial charge is 0.614 e. The van der Waals surface area contributed by atoms with Crippen molar-refractivity contribution in [3.8, 4) is 11.5 Å². The first kappa shape index (κ1) is 19.9. The number of ether oxygens (including phenoxy) is 2. The zero-order valence-electron chi connectivity index (χ0n) is 15.7. The normalized spacial score (nSPS) is 23.2. The Bertz CT molecular complexity index is 595. The Morgan fingerprint density at radius 2 is 1.96 bits per heavy atom. The molecule has 0 aromatic heterocycles. The number of methoxy groups -OCH3 is 2. The molecule has 3 atom stereocenters. The highest BCUT2D eigenvalue weighted by Gasteiger charge is 2.38. The highest BCUT2D eigenvalue weighted by molar-refractivity contribution is 7.93. The van der Waals surface area contributed by atoms with Gasteiger partial charge in [0.2, 0.25) is 5.37 Å². The second-order valence-corrected chi connectivity index (χ2v) is 8.15. The van der Waals surface area contributed by atoms with Crippen LogP contribution < -0.4 is 14.9 Å². The molecule has 0 radical (unpaired) electrons. The Kier molecular flexibility index (Phi) is 7.40. The Morgan fingerprint density at radius 3 is 2.56 bits per heavy atom. The SMILES string of the molecule is CCC1C(c2ccc(OC)c(OC)c2)=NNC(CCCN(C)C)[S+]1[O-]. The predicted octanol–water partition coefficient (Wildman–Crippen LogP) is 2.21. The molecule has 0 saturated carbocycles. The third-order valence-electron chi connectivity index (χ3n) is 4.32. The fourth-order valence-electron chi connectivity index (χ4n) is 2.95. The number of hydrogen-bond donors (Lipinski definition) is 1. The number of nitrogens with zero attached hydrogens (tertiary/aromatic N) is 2. The zero-order valence-corrected chi connectivity index (χ0v) is 16.6. The van der Waals surface area contributed by atoms with E-state index in [1.807, 2.05) is 32.3 Å². The lowest BCUT2D eigenvalue weighted by Crippen LogP contribution is -2.49. The first-order chi connectivity index (χ1) is 12.0. The summed E-state index contributed by atoms with van der Waals surface area (Å²) in [6, 6.07) is 5.69. The summed E-state index contributed by atoms with van der Waals surface area (Å²) in [7, 11) is 7.32. The van der Waals surface area contributed by atoms with Crippen molar-refractivity contribution in [3.05, 3.63) is 23.8 Å². The molecule has 1 aromatic rings. The van der Waals surface area contributed by atoms with Gasteiger partial charge < -0.3 is 18.9 Å². The van der Waals surface area contributed by atoms with Crippen LogP contribution in [0.2, 0.25) is 0 Å². The second kappa shape index (κ2) is 9.31. The molecule has 140 valence electrons. The molecule has 1 heterocycles. The maximum absolute atomic E-state index is 13.0. The summed E-state index contributed by atoms with van der Waals surface area (Å²) >= 11 is -1.01. The van der Waals surface area contributed by atoms with E-state index in [0.717, 1.165) is 37.1 Å². The second-order valence-electron chi connectivity index (χ2n) is 6.36. The van der Waals surface area contributed by atoms with E-state index < -0.39 is 11.2 Å². The smallest absolute Gasteiger partial charge is 0.201 e. The van der Waals surface area contributed by atoms with Gasteiger partial charge in [-0.1, -0.05) is 6.92 Å². The molecule has 1 aliphatic rings. The van der Waals surface area contributed by atoms with Gasteiger partial charge >= 0.3 is 0 Å². The maximum atomic E-state index is 13.0. The number of rotatable bonds is 8. The molecular weight excluding hydrogens is 338 g/mol. The molecule has 0 aliphatic carbocycles.